The second-order valence-corrected chi connectivity index (χ2v) is 5.47. The van der Waals surface area contributed by atoms with E-state index < -0.39 is 0 Å². The maximum absolute atomic E-state index is 6.06. The Morgan fingerprint density at radius 2 is 2.05 bits per heavy atom. The maximum atomic E-state index is 6.06. The predicted molar refractivity (Wildman–Crippen MR) is 83.2 cm³/mol. The van der Waals surface area contributed by atoms with Crippen LogP contribution >= 0.6 is 11.6 Å². The van der Waals surface area contributed by atoms with Gasteiger partial charge in [0.2, 0.25) is 0 Å². The minimum absolute atomic E-state index is 0.441. The predicted octanol–water partition coefficient (Wildman–Crippen LogP) is 2.41. The molecule has 0 N–H and O–H groups in total. The minimum atomic E-state index is 0.441. The number of rotatable bonds is 7. The summed E-state index contributed by atoms with van der Waals surface area (Å²) in [6.45, 7) is 7.25. The molecule has 2 aromatic rings. The Balaban J connectivity index is 2.40. The first-order valence-electron chi connectivity index (χ1n) is 7.27. The van der Waals surface area contributed by atoms with Gasteiger partial charge in [-0.2, -0.15) is 5.10 Å². The number of aryl methyl sites for hydroxylation is 2. The number of likely N-dealkylation sites (N-methyl/N-ethyl adjacent to an activating group) is 1. The summed E-state index contributed by atoms with van der Waals surface area (Å²) >= 11 is 6.06. The molecule has 0 saturated carbocycles. The van der Waals surface area contributed by atoms with Gasteiger partial charge in [-0.15, -0.1) is 11.6 Å². The molecular formula is C14H24ClN5. The lowest BCUT2D eigenvalue weighted by Crippen LogP contribution is -2.23. The zero-order chi connectivity index (χ0) is 14.7. The van der Waals surface area contributed by atoms with Gasteiger partial charge in [0.1, 0.15) is 11.3 Å². The summed E-state index contributed by atoms with van der Waals surface area (Å²) in [6.07, 6.45) is 2.04. The average molecular weight is 298 g/mol. The van der Waals surface area contributed by atoms with Crippen LogP contribution in [0.4, 0.5) is 0 Å². The third-order valence-electron chi connectivity index (χ3n) is 3.72. The third-order valence-corrected chi connectivity index (χ3v) is 3.96. The molecule has 2 rings (SSSR count). The lowest BCUT2D eigenvalue weighted by Gasteiger charge is -2.15. The molecule has 6 heteroatoms. The molecule has 0 bridgehead atoms. The molecule has 20 heavy (non-hydrogen) atoms. The van der Waals surface area contributed by atoms with E-state index in [9.17, 15) is 0 Å². The van der Waals surface area contributed by atoms with E-state index in [0.717, 1.165) is 55.2 Å². The largest absolute Gasteiger partial charge is 0.311 e. The number of hydrogen-bond acceptors (Lipinski definition) is 3. The molecule has 0 aliphatic carbocycles. The van der Waals surface area contributed by atoms with Gasteiger partial charge in [0.25, 0.3) is 0 Å². The fourth-order valence-electron chi connectivity index (χ4n) is 2.46. The van der Waals surface area contributed by atoms with Crippen molar-refractivity contribution >= 4 is 22.8 Å². The van der Waals surface area contributed by atoms with Gasteiger partial charge < -0.3 is 9.47 Å². The fourth-order valence-corrected chi connectivity index (χ4v) is 2.66. The molecule has 0 aromatic carbocycles. The topological polar surface area (TPSA) is 38.9 Å². The number of alkyl halides is 1. The molecule has 0 radical (unpaired) electrons. The molecule has 0 spiro atoms. The quantitative estimate of drug-likeness (QED) is 0.737. The molecule has 5 nitrogen and oxygen atoms in total. The van der Waals surface area contributed by atoms with Crippen LogP contribution in [-0.4, -0.2) is 44.4 Å². The minimum Gasteiger partial charge on any atom is -0.311 e. The first-order chi connectivity index (χ1) is 9.62. The summed E-state index contributed by atoms with van der Waals surface area (Å²) in [4.78, 5) is 6.99. The molecule has 0 aliphatic heterocycles. The number of aromatic nitrogens is 4. The highest BCUT2D eigenvalue weighted by Gasteiger charge is 2.18. The summed E-state index contributed by atoms with van der Waals surface area (Å²) in [5, 5.41) is 4.60. The number of halogens is 1. The van der Waals surface area contributed by atoms with Gasteiger partial charge in [-0.25, -0.2) is 4.98 Å². The summed E-state index contributed by atoms with van der Waals surface area (Å²) in [5.74, 6) is 1.38. The van der Waals surface area contributed by atoms with Crippen molar-refractivity contribution in [3.63, 3.8) is 0 Å². The van der Waals surface area contributed by atoms with Crippen LogP contribution in [0, 0.1) is 0 Å². The molecule has 0 aliphatic rings. The van der Waals surface area contributed by atoms with Crippen LogP contribution in [0.25, 0.3) is 11.2 Å². The highest BCUT2D eigenvalue weighted by atomic mass is 35.5. The Labute approximate surface area is 125 Å². The zero-order valence-corrected chi connectivity index (χ0v) is 13.6. The van der Waals surface area contributed by atoms with E-state index in [1.165, 1.54) is 0 Å². The van der Waals surface area contributed by atoms with Gasteiger partial charge in [-0.3, -0.25) is 4.68 Å². The molecule has 0 amide bonds. The second kappa shape index (κ2) is 6.59. The summed E-state index contributed by atoms with van der Waals surface area (Å²) < 4.78 is 4.15. The van der Waals surface area contributed by atoms with Crippen LogP contribution < -0.4 is 0 Å². The maximum Gasteiger partial charge on any atom is 0.158 e. The van der Waals surface area contributed by atoms with Crippen molar-refractivity contribution < 1.29 is 0 Å². The van der Waals surface area contributed by atoms with Gasteiger partial charge in [0, 0.05) is 20.1 Å². The van der Waals surface area contributed by atoms with E-state index in [1.54, 1.807) is 0 Å². The van der Waals surface area contributed by atoms with Crippen LogP contribution in [0.1, 0.15) is 31.8 Å². The SMILES string of the molecule is CCCc1nn(C)c2c1nc(CCl)n2CCN(C)CC. The number of fused-ring (bicyclic) bond motifs is 1. The summed E-state index contributed by atoms with van der Waals surface area (Å²) in [7, 11) is 4.11. The van der Waals surface area contributed by atoms with Gasteiger partial charge in [-0.1, -0.05) is 20.3 Å². The van der Waals surface area contributed by atoms with Gasteiger partial charge in [-0.05, 0) is 20.0 Å². The van der Waals surface area contributed by atoms with Crippen LogP contribution in [0.15, 0.2) is 0 Å². The van der Waals surface area contributed by atoms with E-state index in [0.29, 0.717) is 5.88 Å². The summed E-state index contributed by atoms with van der Waals surface area (Å²) in [6, 6.07) is 0. The Bertz CT molecular complexity index is 572. The Kier molecular flexibility index (Phi) is 5.05. The van der Waals surface area contributed by atoms with Crippen LogP contribution in [-0.2, 0) is 25.9 Å². The van der Waals surface area contributed by atoms with Gasteiger partial charge >= 0.3 is 0 Å². The lowest BCUT2D eigenvalue weighted by molar-refractivity contribution is 0.335. The van der Waals surface area contributed by atoms with E-state index in [1.807, 2.05) is 11.7 Å². The van der Waals surface area contributed by atoms with Crippen molar-refractivity contribution in [1.29, 1.82) is 0 Å². The average Bonchev–Trinajstić information content (AvgIpc) is 2.95. The molecule has 112 valence electrons. The standard InChI is InChI=1S/C14H24ClN5/c1-5-7-11-13-14(19(4)17-11)20(12(10-15)16-13)9-8-18(3)6-2/h5-10H2,1-4H3. The van der Waals surface area contributed by atoms with Crippen molar-refractivity contribution in [2.24, 2.45) is 7.05 Å². The van der Waals surface area contributed by atoms with Crippen molar-refractivity contribution in [3.05, 3.63) is 11.5 Å². The van der Waals surface area contributed by atoms with Crippen LogP contribution in [0.5, 0.6) is 0 Å². The smallest absolute Gasteiger partial charge is 0.158 e. The number of nitrogens with zero attached hydrogens (tertiary/aromatic N) is 5. The molecule has 0 fully saturated rings. The van der Waals surface area contributed by atoms with E-state index in [2.05, 4.69) is 35.5 Å². The van der Waals surface area contributed by atoms with Crippen molar-refractivity contribution in [2.75, 3.05) is 20.1 Å². The first-order valence-corrected chi connectivity index (χ1v) is 7.81. The monoisotopic (exact) mass is 297 g/mol. The normalized spacial score (nSPS) is 11.9. The highest BCUT2D eigenvalue weighted by molar-refractivity contribution is 6.16. The van der Waals surface area contributed by atoms with Crippen LogP contribution in [0.2, 0.25) is 0 Å². The first kappa shape index (κ1) is 15.3. The Hall–Kier alpha value is -1.07. The summed E-state index contributed by atoms with van der Waals surface area (Å²) in [5.41, 5.74) is 3.19. The van der Waals surface area contributed by atoms with Crippen molar-refractivity contribution in [1.82, 2.24) is 24.2 Å². The molecule has 2 heterocycles. The molecule has 2 aromatic heterocycles. The van der Waals surface area contributed by atoms with E-state index in [4.69, 9.17) is 16.6 Å². The molecule has 0 saturated heterocycles. The Morgan fingerprint density at radius 3 is 2.65 bits per heavy atom. The third kappa shape index (κ3) is 2.83. The number of hydrogen-bond donors (Lipinski definition) is 0. The molecular weight excluding hydrogens is 274 g/mol. The van der Waals surface area contributed by atoms with E-state index in [-0.39, 0.29) is 0 Å². The Morgan fingerprint density at radius 1 is 1.30 bits per heavy atom. The fraction of sp³-hybridized carbons (Fsp3) is 0.714. The second-order valence-electron chi connectivity index (χ2n) is 5.20. The lowest BCUT2D eigenvalue weighted by atomic mass is 10.2. The van der Waals surface area contributed by atoms with Gasteiger partial charge in [0.05, 0.1) is 11.6 Å². The van der Waals surface area contributed by atoms with Gasteiger partial charge in [0.15, 0.2) is 5.65 Å². The van der Waals surface area contributed by atoms with Crippen molar-refractivity contribution in [2.45, 2.75) is 39.1 Å². The van der Waals surface area contributed by atoms with E-state index >= 15 is 0 Å². The van der Waals surface area contributed by atoms with Crippen molar-refractivity contribution in [3.8, 4) is 0 Å². The zero-order valence-electron chi connectivity index (χ0n) is 12.9. The highest BCUT2D eigenvalue weighted by Crippen LogP contribution is 2.21. The van der Waals surface area contributed by atoms with Crippen LogP contribution in [0.3, 0.4) is 0 Å². The number of imidazole rings is 1. The molecule has 0 unspecified atom stereocenters. The molecule has 0 atom stereocenters.